The maximum atomic E-state index is 11.7. The van der Waals surface area contributed by atoms with Crippen LogP contribution in [0.5, 0.6) is 11.5 Å². The summed E-state index contributed by atoms with van der Waals surface area (Å²) >= 11 is 0. The molecule has 1 saturated carbocycles. The molecule has 192 valence electrons. The zero-order valence-corrected chi connectivity index (χ0v) is 20.7. The molecule has 3 aliphatic rings. The fraction of sp³-hybridized carbons (Fsp3) is 0.296. The number of aryl methyl sites for hydroxylation is 1. The number of aromatic nitrogens is 6. The fourth-order valence-electron chi connectivity index (χ4n) is 6.06. The second kappa shape index (κ2) is 8.72. The maximum Gasteiger partial charge on any atom is 0.407 e. The number of anilines is 2. The van der Waals surface area contributed by atoms with E-state index in [-0.39, 0.29) is 12.0 Å². The molecule has 6 heterocycles. The molecule has 2 saturated heterocycles. The Bertz CT molecular complexity index is 1680. The van der Waals surface area contributed by atoms with Crippen molar-refractivity contribution in [3.8, 4) is 11.5 Å². The van der Waals surface area contributed by atoms with Crippen molar-refractivity contribution in [2.75, 3.05) is 11.9 Å². The van der Waals surface area contributed by atoms with Gasteiger partial charge in [-0.2, -0.15) is 10.2 Å². The Kier molecular flexibility index (Phi) is 5.17. The topological polar surface area (TPSA) is 122 Å². The lowest BCUT2D eigenvalue weighted by Crippen LogP contribution is -2.53. The molecule has 1 aliphatic carbocycles. The van der Waals surface area contributed by atoms with Gasteiger partial charge in [-0.3, -0.25) is 0 Å². The van der Waals surface area contributed by atoms with E-state index in [1.165, 1.54) is 11.9 Å². The summed E-state index contributed by atoms with van der Waals surface area (Å²) in [5.74, 6) is 2.73. The number of nitrogens with zero attached hydrogens (tertiary/aromatic N) is 7. The van der Waals surface area contributed by atoms with Crippen LogP contribution in [0.15, 0.2) is 61.4 Å². The lowest BCUT2D eigenvalue weighted by Gasteiger charge is -2.48. The predicted octanol–water partition coefficient (Wildman–Crippen LogP) is 4.86. The highest BCUT2D eigenvalue weighted by molar-refractivity contribution is 5.77. The summed E-state index contributed by atoms with van der Waals surface area (Å²) in [6.45, 7) is 2.59. The predicted molar refractivity (Wildman–Crippen MR) is 139 cm³/mol. The van der Waals surface area contributed by atoms with Crippen molar-refractivity contribution in [2.24, 2.45) is 5.92 Å². The molecule has 8 rings (SSSR count). The van der Waals surface area contributed by atoms with E-state index in [4.69, 9.17) is 4.74 Å². The molecule has 11 heteroatoms. The highest BCUT2D eigenvalue weighted by Crippen LogP contribution is 2.46. The molecule has 2 N–H and O–H groups in total. The second-order valence-corrected chi connectivity index (χ2v) is 10.1. The second-order valence-electron chi connectivity index (χ2n) is 10.1. The van der Waals surface area contributed by atoms with Crippen LogP contribution < -0.4 is 10.1 Å². The standard InChI is InChI=1S/C27H26N8O3/c1-16-10-18(3-5-23(16)38-20-6-8-34-24(12-20)28-14-30-34)32-26-25-21(7-9-35(25)31-15-29-26)22-11-19-4-2-17(22)13-33(19)27(36)37/h3,5-10,12,14-15,17,19,22H,2,4,11,13H2,1H3,(H,36,37)(H,29,31,32). The maximum absolute atomic E-state index is 11.7. The van der Waals surface area contributed by atoms with Gasteiger partial charge >= 0.3 is 6.09 Å². The zero-order valence-electron chi connectivity index (χ0n) is 20.7. The molecule has 0 spiro atoms. The van der Waals surface area contributed by atoms with Gasteiger partial charge in [0.05, 0.1) is 0 Å². The van der Waals surface area contributed by atoms with E-state index in [0.29, 0.717) is 18.2 Å². The molecule has 4 aromatic heterocycles. The molecule has 2 bridgehead atoms. The largest absolute Gasteiger partial charge is 0.465 e. The molecular weight excluding hydrogens is 484 g/mol. The number of amides is 1. The molecule has 3 unspecified atom stereocenters. The monoisotopic (exact) mass is 510 g/mol. The normalized spacial score (nSPS) is 20.8. The Hall–Kier alpha value is -4.67. The molecule has 3 atom stereocenters. The van der Waals surface area contributed by atoms with Crippen LogP contribution in [0.4, 0.5) is 16.3 Å². The lowest BCUT2D eigenvalue weighted by atomic mass is 9.69. The number of ether oxygens (including phenoxy) is 1. The molecule has 5 aromatic rings. The molecule has 1 amide bonds. The van der Waals surface area contributed by atoms with Gasteiger partial charge in [-0.15, -0.1) is 0 Å². The third-order valence-corrected chi connectivity index (χ3v) is 7.89. The quantitative estimate of drug-likeness (QED) is 0.344. The van der Waals surface area contributed by atoms with Crippen LogP contribution in [0.25, 0.3) is 11.2 Å². The summed E-state index contributed by atoms with van der Waals surface area (Å²) in [6.07, 6.45) is 8.82. The van der Waals surface area contributed by atoms with Crippen molar-refractivity contribution in [2.45, 2.75) is 38.1 Å². The zero-order chi connectivity index (χ0) is 25.8. The Morgan fingerprint density at radius 3 is 2.71 bits per heavy atom. The summed E-state index contributed by atoms with van der Waals surface area (Å²) in [6, 6.07) is 11.8. The number of piperidine rings is 2. The van der Waals surface area contributed by atoms with E-state index in [9.17, 15) is 9.90 Å². The molecule has 11 nitrogen and oxygen atoms in total. The summed E-state index contributed by atoms with van der Waals surface area (Å²) in [7, 11) is 0. The van der Waals surface area contributed by atoms with Crippen LogP contribution >= 0.6 is 0 Å². The highest BCUT2D eigenvalue weighted by Gasteiger charge is 2.43. The number of nitrogens with one attached hydrogen (secondary N) is 1. The van der Waals surface area contributed by atoms with Crippen molar-refractivity contribution in [3.63, 3.8) is 0 Å². The number of hydrogen-bond acceptors (Lipinski definition) is 7. The van der Waals surface area contributed by atoms with E-state index in [1.807, 2.05) is 54.2 Å². The first kappa shape index (κ1) is 22.5. The van der Waals surface area contributed by atoms with E-state index in [0.717, 1.165) is 53.2 Å². The minimum Gasteiger partial charge on any atom is -0.465 e. The van der Waals surface area contributed by atoms with Crippen LogP contribution in [-0.2, 0) is 0 Å². The first-order valence-electron chi connectivity index (χ1n) is 12.7. The summed E-state index contributed by atoms with van der Waals surface area (Å²) in [5, 5.41) is 21.6. The lowest BCUT2D eigenvalue weighted by molar-refractivity contribution is 0.0359. The average molecular weight is 511 g/mol. The van der Waals surface area contributed by atoms with E-state index in [2.05, 4.69) is 31.5 Å². The number of rotatable bonds is 5. The van der Waals surface area contributed by atoms with Gasteiger partial charge in [-0.05, 0) is 79.5 Å². The molecule has 1 aromatic carbocycles. The number of fused-ring (bicyclic) bond motifs is 5. The van der Waals surface area contributed by atoms with E-state index >= 15 is 0 Å². The van der Waals surface area contributed by atoms with Crippen molar-refractivity contribution in [1.29, 1.82) is 0 Å². The van der Waals surface area contributed by atoms with Gasteiger partial charge in [-0.25, -0.2) is 23.8 Å². The van der Waals surface area contributed by atoms with Crippen LogP contribution in [0.3, 0.4) is 0 Å². The fourth-order valence-corrected chi connectivity index (χ4v) is 6.06. The highest BCUT2D eigenvalue weighted by atomic mass is 16.5. The van der Waals surface area contributed by atoms with Crippen molar-refractivity contribution in [3.05, 3.63) is 72.6 Å². The smallest absolute Gasteiger partial charge is 0.407 e. The van der Waals surface area contributed by atoms with Gasteiger partial charge in [0, 0.05) is 36.7 Å². The first-order chi connectivity index (χ1) is 18.5. The van der Waals surface area contributed by atoms with Crippen LogP contribution in [0.1, 0.15) is 36.3 Å². The summed E-state index contributed by atoms with van der Waals surface area (Å²) in [5.41, 5.74) is 4.68. The molecular formula is C27H26N8O3. The minimum absolute atomic E-state index is 0.0687. The number of carboxylic acid groups (broad SMARTS) is 1. The average Bonchev–Trinajstić information content (AvgIpc) is 3.58. The van der Waals surface area contributed by atoms with Gasteiger partial charge in [-0.1, -0.05) is 0 Å². The first-order valence-corrected chi connectivity index (χ1v) is 12.7. The van der Waals surface area contributed by atoms with Gasteiger partial charge in [0.25, 0.3) is 0 Å². The Balaban J connectivity index is 1.15. The van der Waals surface area contributed by atoms with Gasteiger partial charge in [0.1, 0.15) is 29.7 Å². The van der Waals surface area contributed by atoms with E-state index < -0.39 is 6.09 Å². The number of benzene rings is 1. The van der Waals surface area contributed by atoms with Gasteiger partial charge in [0.15, 0.2) is 11.5 Å². The van der Waals surface area contributed by atoms with Crippen molar-refractivity contribution >= 4 is 28.8 Å². The minimum atomic E-state index is -0.813. The number of hydrogen-bond donors (Lipinski definition) is 2. The number of carbonyl (C=O) groups is 1. The van der Waals surface area contributed by atoms with Gasteiger partial charge < -0.3 is 20.1 Å². The molecule has 3 fully saturated rings. The summed E-state index contributed by atoms with van der Waals surface area (Å²) in [4.78, 5) is 22.1. The SMILES string of the molecule is Cc1cc(Nc2ncnn3ccc(C4CC5CCC4CN5C(=O)O)c23)ccc1Oc1ccn2ncnc2c1. The molecule has 0 radical (unpaired) electrons. The van der Waals surface area contributed by atoms with Crippen LogP contribution in [0, 0.1) is 12.8 Å². The van der Waals surface area contributed by atoms with Gasteiger partial charge in [0.2, 0.25) is 0 Å². The number of pyridine rings is 1. The van der Waals surface area contributed by atoms with Crippen molar-refractivity contribution in [1.82, 2.24) is 34.1 Å². The summed E-state index contributed by atoms with van der Waals surface area (Å²) < 4.78 is 9.66. The van der Waals surface area contributed by atoms with E-state index in [1.54, 1.807) is 15.7 Å². The Morgan fingerprint density at radius 1 is 1.05 bits per heavy atom. The van der Waals surface area contributed by atoms with Crippen molar-refractivity contribution < 1.29 is 14.6 Å². The molecule has 2 aliphatic heterocycles. The third-order valence-electron chi connectivity index (χ3n) is 7.89. The Labute approximate surface area is 217 Å². The van der Waals surface area contributed by atoms with Crippen LogP contribution in [-0.4, -0.2) is 57.9 Å². The molecule has 38 heavy (non-hydrogen) atoms. The Morgan fingerprint density at radius 2 is 1.89 bits per heavy atom. The third kappa shape index (κ3) is 3.78. The van der Waals surface area contributed by atoms with Crippen LogP contribution in [0.2, 0.25) is 0 Å².